The molecular weight excluding hydrogens is 307 g/mol. The van der Waals surface area contributed by atoms with E-state index in [1.54, 1.807) is 24.3 Å². The van der Waals surface area contributed by atoms with Crippen molar-refractivity contribution in [2.75, 3.05) is 12.4 Å². The lowest BCUT2D eigenvalue weighted by molar-refractivity contribution is -0.136. The first kappa shape index (κ1) is 16.6. The van der Waals surface area contributed by atoms with Gasteiger partial charge in [0, 0.05) is 11.6 Å². The Morgan fingerprint density at radius 3 is 2.43 bits per heavy atom. The predicted octanol–water partition coefficient (Wildman–Crippen LogP) is 4.37. The normalized spacial score (nSPS) is 11.5. The van der Waals surface area contributed by atoms with E-state index in [1.807, 2.05) is 0 Å². The van der Waals surface area contributed by atoms with E-state index in [2.05, 4.69) is 5.32 Å². The summed E-state index contributed by atoms with van der Waals surface area (Å²) < 4.78 is 43.7. The van der Waals surface area contributed by atoms with Gasteiger partial charge in [-0.15, -0.1) is 0 Å². The van der Waals surface area contributed by atoms with Gasteiger partial charge in [0.2, 0.25) is 5.91 Å². The summed E-state index contributed by atoms with van der Waals surface area (Å²) in [6.07, 6.45) is -1.90. The Morgan fingerprint density at radius 2 is 1.74 bits per heavy atom. The van der Waals surface area contributed by atoms with E-state index in [4.69, 9.17) is 4.74 Å². The highest BCUT2D eigenvalue weighted by Crippen LogP contribution is 2.34. The zero-order valence-electron chi connectivity index (χ0n) is 12.2. The van der Waals surface area contributed by atoms with Crippen molar-refractivity contribution < 1.29 is 22.7 Å². The summed E-state index contributed by atoms with van der Waals surface area (Å²) in [7, 11) is 1.49. The lowest BCUT2D eigenvalue weighted by Gasteiger charge is -2.12. The van der Waals surface area contributed by atoms with Crippen molar-refractivity contribution in [3.8, 4) is 5.75 Å². The van der Waals surface area contributed by atoms with Crippen molar-refractivity contribution in [3.05, 3.63) is 65.7 Å². The van der Waals surface area contributed by atoms with Crippen LogP contribution in [0.3, 0.4) is 0 Å². The number of hydrogen-bond acceptors (Lipinski definition) is 2. The quantitative estimate of drug-likeness (QED) is 0.850. The number of rotatable bonds is 4. The Kier molecular flexibility index (Phi) is 5.05. The summed E-state index contributed by atoms with van der Waals surface area (Å²) in [5.74, 6) is -0.0974. The highest BCUT2D eigenvalue weighted by atomic mass is 19.4. The van der Waals surface area contributed by atoms with E-state index >= 15 is 0 Å². The molecule has 2 rings (SSSR count). The molecule has 1 amide bonds. The van der Waals surface area contributed by atoms with Crippen LogP contribution in [0.4, 0.5) is 18.9 Å². The third kappa shape index (κ3) is 4.35. The standard InChI is InChI=1S/C17H14F3NO2/c1-23-15-9-5-2-6-12(15)10-11-16(22)21-14-8-4-3-7-13(14)17(18,19)20/h2-11H,1H3,(H,21,22)/b11-10+. The number of ether oxygens (including phenoxy) is 1. The monoisotopic (exact) mass is 321 g/mol. The fourth-order valence-electron chi connectivity index (χ4n) is 1.98. The predicted molar refractivity (Wildman–Crippen MR) is 82.1 cm³/mol. The molecule has 2 aromatic rings. The maximum Gasteiger partial charge on any atom is 0.418 e. The molecule has 0 fully saturated rings. The zero-order valence-corrected chi connectivity index (χ0v) is 12.2. The second kappa shape index (κ2) is 7.00. The molecular formula is C17H14F3NO2. The number of alkyl halides is 3. The van der Waals surface area contributed by atoms with Crippen LogP contribution >= 0.6 is 0 Å². The molecule has 0 aromatic heterocycles. The fraction of sp³-hybridized carbons (Fsp3) is 0.118. The minimum Gasteiger partial charge on any atom is -0.496 e. The van der Waals surface area contributed by atoms with Gasteiger partial charge in [-0.05, 0) is 24.3 Å². The van der Waals surface area contributed by atoms with E-state index in [0.717, 1.165) is 12.1 Å². The van der Waals surface area contributed by atoms with Gasteiger partial charge in [0.25, 0.3) is 0 Å². The van der Waals surface area contributed by atoms with Crippen molar-refractivity contribution >= 4 is 17.7 Å². The maximum absolute atomic E-state index is 12.9. The number of amides is 1. The zero-order chi connectivity index (χ0) is 16.9. The molecule has 0 aliphatic heterocycles. The Labute approximate surface area is 131 Å². The fourth-order valence-corrected chi connectivity index (χ4v) is 1.98. The van der Waals surface area contributed by atoms with E-state index in [1.165, 1.54) is 31.4 Å². The summed E-state index contributed by atoms with van der Waals surface area (Å²) >= 11 is 0. The molecule has 6 heteroatoms. The molecule has 0 unspecified atom stereocenters. The molecule has 3 nitrogen and oxygen atoms in total. The number of nitrogens with one attached hydrogen (secondary N) is 1. The first-order chi connectivity index (χ1) is 10.9. The number of carbonyl (C=O) groups excluding carboxylic acids is 1. The van der Waals surface area contributed by atoms with E-state index in [-0.39, 0.29) is 5.69 Å². The summed E-state index contributed by atoms with van der Waals surface area (Å²) in [5.41, 5.74) is -0.525. The number of methoxy groups -OCH3 is 1. The molecule has 0 aliphatic carbocycles. The van der Waals surface area contributed by atoms with Crippen molar-refractivity contribution in [2.45, 2.75) is 6.18 Å². The molecule has 120 valence electrons. The first-order valence-electron chi connectivity index (χ1n) is 6.70. The second-order valence-electron chi connectivity index (χ2n) is 4.61. The molecule has 0 aliphatic rings. The van der Waals surface area contributed by atoms with Crippen LogP contribution in [0.5, 0.6) is 5.75 Å². The van der Waals surface area contributed by atoms with Crippen molar-refractivity contribution in [3.63, 3.8) is 0 Å². The molecule has 0 saturated heterocycles. The van der Waals surface area contributed by atoms with Crippen LogP contribution in [0.25, 0.3) is 6.08 Å². The van der Waals surface area contributed by atoms with Gasteiger partial charge in [0.05, 0.1) is 18.4 Å². The van der Waals surface area contributed by atoms with Gasteiger partial charge >= 0.3 is 6.18 Å². The minimum absolute atomic E-state index is 0.283. The van der Waals surface area contributed by atoms with Gasteiger partial charge in [0.15, 0.2) is 0 Å². The third-order valence-electron chi connectivity index (χ3n) is 3.04. The van der Waals surface area contributed by atoms with Crippen LogP contribution in [0.2, 0.25) is 0 Å². The lowest BCUT2D eigenvalue weighted by atomic mass is 10.1. The highest BCUT2D eigenvalue weighted by Gasteiger charge is 2.33. The third-order valence-corrected chi connectivity index (χ3v) is 3.04. The minimum atomic E-state index is -4.53. The van der Waals surface area contributed by atoms with Crippen molar-refractivity contribution in [2.24, 2.45) is 0 Å². The van der Waals surface area contributed by atoms with Gasteiger partial charge in [-0.2, -0.15) is 13.2 Å². The number of benzene rings is 2. The van der Waals surface area contributed by atoms with Crippen LogP contribution in [0.1, 0.15) is 11.1 Å². The number of carbonyl (C=O) groups is 1. The second-order valence-corrected chi connectivity index (χ2v) is 4.61. The summed E-state index contributed by atoms with van der Waals surface area (Å²) in [4.78, 5) is 11.9. The number of halogens is 3. The Morgan fingerprint density at radius 1 is 1.09 bits per heavy atom. The van der Waals surface area contributed by atoms with Crippen LogP contribution in [0.15, 0.2) is 54.6 Å². The van der Waals surface area contributed by atoms with Gasteiger partial charge in [-0.1, -0.05) is 30.3 Å². The van der Waals surface area contributed by atoms with Crippen LogP contribution in [-0.4, -0.2) is 13.0 Å². The van der Waals surface area contributed by atoms with Crippen LogP contribution in [-0.2, 0) is 11.0 Å². The van der Waals surface area contributed by atoms with Crippen LogP contribution in [0, 0.1) is 0 Å². The number of anilines is 1. The largest absolute Gasteiger partial charge is 0.496 e. The van der Waals surface area contributed by atoms with Crippen molar-refractivity contribution in [1.29, 1.82) is 0 Å². The van der Waals surface area contributed by atoms with E-state index < -0.39 is 17.6 Å². The topological polar surface area (TPSA) is 38.3 Å². The SMILES string of the molecule is COc1ccccc1/C=C/C(=O)Nc1ccccc1C(F)(F)F. The number of para-hydroxylation sites is 2. The first-order valence-corrected chi connectivity index (χ1v) is 6.70. The molecule has 0 atom stereocenters. The molecule has 0 bridgehead atoms. The number of hydrogen-bond donors (Lipinski definition) is 1. The van der Waals surface area contributed by atoms with Gasteiger partial charge in [0.1, 0.15) is 5.75 Å². The van der Waals surface area contributed by atoms with Crippen molar-refractivity contribution in [1.82, 2.24) is 0 Å². The maximum atomic E-state index is 12.9. The Balaban J connectivity index is 2.16. The summed E-state index contributed by atoms with van der Waals surface area (Å²) in [6, 6.07) is 11.8. The molecule has 1 N–H and O–H groups in total. The lowest BCUT2D eigenvalue weighted by Crippen LogP contribution is -2.14. The smallest absolute Gasteiger partial charge is 0.418 e. The average molecular weight is 321 g/mol. The van der Waals surface area contributed by atoms with Gasteiger partial charge < -0.3 is 10.1 Å². The van der Waals surface area contributed by atoms with Gasteiger partial charge in [-0.3, -0.25) is 4.79 Å². The molecule has 2 aromatic carbocycles. The molecule has 0 saturated carbocycles. The molecule has 0 heterocycles. The molecule has 0 spiro atoms. The molecule has 0 radical (unpaired) electrons. The summed E-state index contributed by atoms with van der Waals surface area (Å²) in [6.45, 7) is 0. The van der Waals surface area contributed by atoms with E-state index in [9.17, 15) is 18.0 Å². The average Bonchev–Trinajstić information content (AvgIpc) is 2.52. The Bertz CT molecular complexity index is 724. The highest BCUT2D eigenvalue weighted by molar-refractivity contribution is 6.02. The van der Waals surface area contributed by atoms with Crippen LogP contribution < -0.4 is 10.1 Å². The van der Waals surface area contributed by atoms with E-state index in [0.29, 0.717) is 11.3 Å². The Hall–Kier alpha value is -2.76. The van der Waals surface area contributed by atoms with Gasteiger partial charge in [-0.25, -0.2) is 0 Å². The molecule has 23 heavy (non-hydrogen) atoms. The summed E-state index contributed by atoms with van der Waals surface area (Å²) in [5, 5.41) is 2.24.